The Kier molecular flexibility index (Phi) is 5.69. The number of rotatable bonds is 3. The Morgan fingerprint density at radius 3 is 2.29 bits per heavy atom. The average Bonchev–Trinajstić information content (AvgIpc) is 3.12. The van der Waals surface area contributed by atoms with Crippen molar-refractivity contribution in [3.8, 4) is 0 Å². The zero-order valence-corrected chi connectivity index (χ0v) is 15.3. The number of benzene rings is 1. The summed E-state index contributed by atoms with van der Waals surface area (Å²) >= 11 is 0. The summed E-state index contributed by atoms with van der Waals surface area (Å²) in [7, 11) is 0. The lowest BCUT2D eigenvalue weighted by molar-refractivity contribution is -0.184. The van der Waals surface area contributed by atoms with Crippen molar-refractivity contribution in [3.05, 3.63) is 35.4 Å². The fourth-order valence-corrected chi connectivity index (χ4v) is 4.56. The van der Waals surface area contributed by atoms with E-state index in [1.165, 1.54) is 12.1 Å². The standard InChI is InChI=1S/C20H23F6NO/c21-19(22,23)14-6-3-5-13(11-14)18(9-1-2-10-18)17(28)27-16-8-4-7-15(12-16)20(24,25)26/h3,5-6,11,15-16H,1-2,4,7-10,12H2,(H,27,28)/t15-,16+/m0/s1. The van der Waals surface area contributed by atoms with Gasteiger partial charge in [0.1, 0.15) is 0 Å². The molecule has 1 amide bonds. The summed E-state index contributed by atoms with van der Waals surface area (Å²) in [4.78, 5) is 13.1. The van der Waals surface area contributed by atoms with Gasteiger partial charge < -0.3 is 5.32 Å². The number of alkyl halides is 6. The molecular formula is C20H23F6NO. The Bertz CT molecular complexity index is 705. The molecule has 1 aromatic carbocycles. The predicted octanol–water partition coefficient (Wildman–Crippen LogP) is 5.75. The molecule has 2 aliphatic carbocycles. The molecule has 1 N–H and O–H groups in total. The molecule has 156 valence electrons. The molecule has 2 atom stereocenters. The van der Waals surface area contributed by atoms with Crippen molar-refractivity contribution in [2.75, 3.05) is 0 Å². The van der Waals surface area contributed by atoms with E-state index < -0.39 is 41.2 Å². The Labute approximate surface area is 159 Å². The maximum atomic E-state index is 13.1. The molecular weight excluding hydrogens is 384 g/mol. The molecule has 0 saturated heterocycles. The maximum Gasteiger partial charge on any atom is 0.416 e. The van der Waals surface area contributed by atoms with Crippen LogP contribution in [0.25, 0.3) is 0 Å². The van der Waals surface area contributed by atoms with Crippen molar-refractivity contribution in [2.45, 2.75) is 75.2 Å². The normalized spacial score (nSPS) is 25.5. The molecule has 0 spiro atoms. The van der Waals surface area contributed by atoms with Crippen LogP contribution in [0.15, 0.2) is 24.3 Å². The summed E-state index contributed by atoms with van der Waals surface area (Å²) in [6, 6.07) is 4.16. The first-order chi connectivity index (χ1) is 13.0. The average molecular weight is 407 g/mol. The largest absolute Gasteiger partial charge is 0.416 e. The SMILES string of the molecule is O=C(N[C@@H]1CCC[C@H](C(F)(F)F)C1)C1(c2cccc(C(F)(F)F)c2)CCCC1. The van der Waals surface area contributed by atoms with Crippen LogP contribution in [-0.2, 0) is 16.4 Å². The maximum absolute atomic E-state index is 13.1. The van der Waals surface area contributed by atoms with E-state index in [-0.39, 0.29) is 12.8 Å². The molecule has 0 aliphatic heterocycles. The molecule has 8 heteroatoms. The second-order valence-corrected chi connectivity index (χ2v) is 7.94. The van der Waals surface area contributed by atoms with Gasteiger partial charge >= 0.3 is 12.4 Å². The Hall–Kier alpha value is -1.73. The third-order valence-corrected chi connectivity index (χ3v) is 6.11. The topological polar surface area (TPSA) is 29.1 Å². The molecule has 1 aromatic rings. The minimum absolute atomic E-state index is 0.0502. The van der Waals surface area contributed by atoms with Gasteiger partial charge in [0, 0.05) is 6.04 Å². The van der Waals surface area contributed by atoms with Gasteiger partial charge in [0.15, 0.2) is 0 Å². The predicted molar refractivity (Wildman–Crippen MR) is 91.5 cm³/mol. The molecule has 0 aromatic heterocycles. The molecule has 2 saturated carbocycles. The fourth-order valence-electron chi connectivity index (χ4n) is 4.56. The first-order valence-electron chi connectivity index (χ1n) is 9.58. The number of hydrogen-bond acceptors (Lipinski definition) is 1. The Morgan fingerprint density at radius 2 is 1.68 bits per heavy atom. The lowest BCUT2D eigenvalue weighted by Crippen LogP contribution is -2.49. The van der Waals surface area contributed by atoms with E-state index in [4.69, 9.17) is 0 Å². The van der Waals surface area contributed by atoms with Crippen molar-refractivity contribution in [1.82, 2.24) is 5.32 Å². The highest BCUT2D eigenvalue weighted by Crippen LogP contribution is 2.44. The van der Waals surface area contributed by atoms with E-state index in [0.717, 1.165) is 12.1 Å². The van der Waals surface area contributed by atoms with E-state index >= 15 is 0 Å². The van der Waals surface area contributed by atoms with Gasteiger partial charge in [-0.3, -0.25) is 4.79 Å². The smallest absolute Gasteiger partial charge is 0.353 e. The zero-order chi connectivity index (χ0) is 20.6. The lowest BCUT2D eigenvalue weighted by Gasteiger charge is -2.35. The molecule has 0 heterocycles. The third-order valence-electron chi connectivity index (χ3n) is 6.11. The molecule has 28 heavy (non-hydrogen) atoms. The molecule has 3 rings (SSSR count). The van der Waals surface area contributed by atoms with Gasteiger partial charge in [0.25, 0.3) is 0 Å². The Balaban J connectivity index is 1.81. The van der Waals surface area contributed by atoms with Gasteiger partial charge in [-0.2, -0.15) is 26.3 Å². The van der Waals surface area contributed by atoms with Crippen LogP contribution >= 0.6 is 0 Å². The van der Waals surface area contributed by atoms with Crippen LogP contribution in [-0.4, -0.2) is 18.1 Å². The second kappa shape index (κ2) is 7.59. The van der Waals surface area contributed by atoms with Gasteiger partial charge in [-0.1, -0.05) is 37.5 Å². The van der Waals surface area contributed by atoms with Crippen molar-refractivity contribution < 1.29 is 31.1 Å². The van der Waals surface area contributed by atoms with Gasteiger partial charge in [0.2, 0.25) is 5.91 Å². The number of nitrogens with one attached hydrogen (secondary N) is 1. The molecule has 2 nitrogen and oxygen atoms in total. The molecule has 0 unspecified atom stereocenters. The summed E-state index contributed by atoms with van der Waals surface area (Å²) in [6.07, 6.45) is -5.93. The van der Waals surface area contributed by atoms with Crippen LogP contribution in [0.4, 0.5) is 26.3 Å². The van der Waals surface area contributed by atoms with Crippen LogP contribution in [0.2, 0.25) is 0 Å². The van der Waals surface area contributed by atoms with E-state index in [9.17, 15) is 31.1 Å². The first kappa shape index (κ1) is 21.0. The molecule has 0 bridgehead atoms. The van der Waals surface area contributed by atoms with Crippen LogP contribution in [0.1, 0.15) is 62.5 Å². The molecule has 2 fully saturated rings. The van der Waals surface area contributed by atoms with E-state index in [1.54, 1.807) is 0 Å². The molecule has 0 radical (unpaired) electrons. The third kappa shape index (κ3) is 4.30. The zero-order valence-electron chi connectivity index (χ0n) is 15.3. The number of carbonyl (C=O) groups excluding carboxylic acids is 1. The van der Waals surface area contributed by atoms with E-state index in [1.807, 2.05) is 0 Å². The second-order valence-electron chi connectivity index (χ2n) is 7.94. The summed E-state index contributed by atoms with van der Waals surface area (Å²) in [5.41, 5.74) is -1.63. The number of amides is 1. The minimum atomic E-state index is -4.52. The van der Waals surface area contributed by atoms with Gasteiger partial charge in [-0.15, -0.1) is 0 Å². The summed E-state index contributed by atoms with van der Waals surface area (Å²) in [5.74, 6) is -1.89. The summed E-state index contributed by atoms with van der Waals surface area (Å²) < 4.78 is 78.4. The van der Waals surface area contributed by atoms with Crippen LogP contribution < -0.4 is 5.32 Å². The van der Waals surface area contributed by atoms with E-state index in [0.29, 0.717) is 44.1 Å². The van der Waals surface area contributed by atoms with Gasteiger partial charge in [-0.05, 0) is 43.7 Å². The summed E-state index contributed by atoms with van der Waals surface area (Å²) in [6.45, 7) is 0. The van der Waals surface area contributed by atoms with Gasteiger partial charge in [-0.25, -0.2) is 0 Å². The molecule has 2 aliphatic rings. The van der Waals surface area contributed by atoms with Gasteiger partial charge in [0.05, 0.1) is 16.9 Å². The van der Waals surface area contributed by atoms with Crippen molar-refractivity contribution in [2.24, 2.45) is 5.92 Å². The number of halogens is 6. The van der Waals surface area contributed by atoms with Crippen LogP contribution in [0.3, 0.4) is 0 Å². The first-order valence-corrected chi connectivity index (χ1v) is 9.58. The number of carbonyl (C=O) groups is 1. The van der Waals surface area contributed by atoms with Crippen molar-refractivity contribution in [3.63, 3.8) is 0 Å². The van der Waals surface area contributed by atoms with Crippen LogP contribution in [0.5, 0.6) is 0 Å². The minimum Gasteiger partial charge on any atom is -0.353 e. The quantitative estimate of drug-likeness (QED) is 0.635. The summed E-state index contributed by atoms with van der Waals surface area (Å²) in [5, 5.41) is 2.74. The fraction of sp³-hybridized carbons (Fsp3) is 0.650. The highest BCUT2D eigenvalue weighted by atomic mass is 19.4. The highest BCUT2D eigenvalue weighted by molar-refractivity contribution is 5.89. The van der Waals surface area contributed by atoms with Crippen molar-refractivity contribution in [1.29, 1.82) is 0 Å². The number of hydrogen-bond donors (Lipinski definition) is 1. The monoisotopic (exact) mass is 407 g/mol. The Morgan fingerprint density at radius 1 is 1.00 bits per heavy atom. The van der Waals surface area contributed by atoms with E-state index in [2.05, 4.69) is 5.32 Å². The highest BCUT2D eigenvalue weighted by Gasteiger charge is 2.46. The van der Waals surface area contributed by atoms with Crippen molar-refractivity contribution >= 4 is 5.91 Å². The lowest BCUT2D eigenvalue weighted by atomic mass is 9.76. The van der Waals surface area contributed by atoms with Crippen LogP contribution in [0, 0.1) is 5.92 Å².